The van der Waals surface area contributed by atoms with Crippen molar-refractivity contribution in [1.82, 2.24) is 14.7 Å². The molecule has 0 bridgehead atoms. The molecule has 0 spiro atoms. The third-order valence-corrected chi connectivity index (χ3v) is 3.76. The fraction of sp³-hybridized carbons (Fsp3) is 0.250. The molecule has 118 valence electrons. The molecule has 3 heterocycles. The third kappa shape index (κ3) is 2.50. The first kappa shape index (κ1) is 13.7. The average Bonchev–Trinajstić information content (AvgIpc) is 3.26. The van der Waals surface area contributed by atoms with Crippen LogP contribution in [0.4, 0.5) is 0 Å². The van der Waals surface area contributed by atoms with Gasteiger partial charge in [-0.05, 0) is 29.8 Å². The summed E-state index contributed by atoms with van der Waals surface area (Å²) in [6.45, 7) is 0.984. The van der Waals surface area contributed by atoms with Crippen LogP contribution in [0.5, 0.6) is 5.75 Å². The van der Waals surface area contributed by atoms with Crippen molar-refractivity contribution in [3.63, 3.8) is 0 Å². The van der Waals surface area contributed by atoms with Crippen LogP contribution in [0.1, 0.15) is 21.6 Å². The lowest BCUT2D eigenvalue weighted by atomic mass is 10.1. The maximum atomic E-state index is 12.4. The highest BCUT2D eigenvalue weighted by atomic mass is 16.7. The molecule has 0 fully saturated rings. The number of hydrogen-bond acceptors (Lipinski definition) is 5. The average molecular weight is 313 g/mol. The number of ether oxygens (including phenoxy) is 3. The molecule has 23 heavy (non-hydrogen) atoms. The quantitative estimate of drug-likeness (QED) is 0.860. The Hall–Kier alpha value is -2.96. The normalized spacial score (nSPS) is 16.0. The number of amides is 1. The fourth-order valence-electron chi connectivity index (χ4n) is 2.64. The number of fused-ring (bicyclic) bond motifs is 1. The van der Waals surface area contributed by atoms with Gasteiger partial charge in [-0.3, -0.25) is 14.4 Å². The van der Waals surface area contributed by atoms with Crippen LogP contribution in [-0.2, 0) is 29.7 Å². The third-order valence-electron chi connectivity index (χ3n) is 3.76. The monoisotopic (exact) mass is 313 g/mol. The molecule has 2 aliphatic rings. The molecule has 0 N–H and O–H groups in total. The van der Waals surface area contributed by atoms with Gasteiger partial charge in [0, 0.05) is 18.8 Å². The molecular formula is C16H15N3O4. The van der Waals surface area contributed by atoms with Gasteiger partial charge in [0.1, 0.15) is 18.6 Å². The van der Waals surface area contributed by atoms with E-state index in [4.69, 9.17) is 14.2 Å². The molecular weight excluding hydrogens is 298 g/mol. The highest BCUT2D eigenvalue weighted by Crippen LogP contribution is 2.30. The van der Waals surface area contributed by atoms with Crippen LogP contribution < -0.4 is 4.74 Å². The number of nitrogens with zero attached hydrogens (tertiary/aromatic N) is 3. The van der Waals surface area contributed by atoms with E-state index in [-0.39, 0.29) is 12.7 Å². The summed E-state index contributed by atoms with van der Waals surface area (Å²) in [5, 5.41) is 4.27. The second-order valence-corrected chi connectivity index (χ2v) is 5.36. The van der Waals surface area contributed by atoms with Gasteiger partial charge in [-0.1, -0.05) is 0 Å². The Morgan fingerprint density at radius 1 is 1.35 bits per heavy atom. The van der Waals surface area contributed by atoms with Crippen molar-refractivity contribution in [2.24, 2.45) is 7.05 Å². The summed E-state index contributed by atoms with van der Waals surface area (Å²) in [4.78, 5) is 13.9. The Bertz CT molecular complexity index is 796. The Balaban J connectivity index is 1.49. The van der Waals surface area contributed by atoms with Gasteiger partial charge in [-0.15, -0.1) is 0 Å². The minimum atomic E-state index is -0.0898. The molecule has 0 unspecified atom stereocenters. The molecule has 7 heteroatoms. The second-order valence-electron chi connectivity index (χ2n) is 5.36. The number of carbonyl (C=O) groups excluding carboxylic acids is 1. The van der Waals surface area contributed by atoms with Crippen molar-refractivity contribution < 1.29 is 19.0 Å². The second kappa shape index (κ2) is 5.35. The summed E-state index contributed by atoms with van der Waals surface area (Å²) in [6, 6.07) is 7.36. The highest BCUT2D eigenvalue weighted by Gasteiger charge is 2.32. The summed E-state index contributed by atoms with van der Waals surface area (Å²) in [6.07, 6.45) is 3.33. The first-order valence-corrected chi connectivity index (χ1v) is 7.21. The Morgan fingerprint density at radius 3 is 3.00 bits per heavy atom. The Morgan fingerprint density at radius 2 is 2.26 bits per heavy atom. The maximum Gasteiger partial charge on any atom is 0.261 e. The predicted octanol–water partition coefficient (Wildman–Crippen LogP) is 1.76. The maximum absolute atomic E-state index is 12.4. The lowest BCUT2D eigenvalue weighted by Crippen LogP contribution is -2.23. The summed E-state index contributed by atoms with van der Waals surface area (Å²) >= 11 is 0. The van der Waals surface area contributed by atoms with Crippen molar-refractivity contribution in [2.75, 3.05) is 6.79 Å². The van der Waals surface area contributed by atoms with E-state index in [9.17, 15) is 4.79 Å². The SMILES string of the molecule is Cn1ccc(COc2ccc3c(c2)CN(C2=COCO2)C3=O)n1. The summed E-state index contributed by atoms with van der Waals surface area (Å²) in [7, 11) is 1.86. The van der Waals surface area contributed by atoms with Crippen LogP contribution in [0, 0.1) is 0 Å². The lowest BCUT2D eigenvalue weighted by Gasteiger charge is -2.13. The molecule has 7 nitrogen and oxygen atoms in total. The standard InChI is InChI=1S/C16H15N3O4/c1-18-5-4-12(17-18)8-22-13-2-3-14-11(6-13)7-19(16(14)20)15-9-21-10-23-15/h2-6,9H,7-8,10H2,1H3. The minimum Gasteiger partial charge on any atom is -0.487 e. The van der Waals surface area contributed by atoms with E-state index >= 15 is 0 Å². The van der Waals surface area contributed by atoms with Gasteiger partial charge in [-0.2, -0.15) is 5.10 Å². The molecule has 0 aliphatic carbocycles. The van der Waals surface area contributed by atoms with E-state index in [0.717, 1.165) is 11.3 Å². The molecule has 0 saturated carbocycles. The molecule has 1 aromatic carbocycles. The van der Waals surface area contributed by atoms with Gasteiger partial charge in [0.25, 0.3) is 5.91 Å². The van der Waals surface area contributed by atoms with Gasteiger partial charge in [0.2, 0.25) is 12.7 Å². The Kier molecular flexibility index (Phi) is 3.18. The minimum absolute atomic E-state index is 0.0898. The summed E-state index contributed by atoms with van der Waals surface area (Å²) < 4.78 is 17.8. The van der Waals surface area contributed by atoms with Crippen LogP contribution in [0.25, 0.3) is 0 Å². The summed E-state index contributed by atoms with van der Waals surface area (Å²) in [5.41, 5.74) is 2.42. The zero-order chi connectivity index (χ0) is 15.8. The number of carbonyl (C=O) groups is 1. The predicted molar refractivity (Wildman–Crippen MR) is 79.0 cm³/mol. The molecule has 2 aromatic rings. The van der Waals surface area contributed by atoms with Gasteiger partial charge >= 0.3 is 0 Å². The van der Waals surface area contributed by atoms with Gasteiger partial charge in [0.15, 0.2) is 0 Å². The van der Waals surface area contributed by atoms with E-state index in [1.54, 1.807) is 21.7 Å². The zero-order valence-electron chi connectivity index (χ0n) is 12.6. The van der Waals surface area contributed by atoms with Gasteiger partial charge in [0.05, 0.1) is 12.2 Å². The van der Waals surface area contributed by atoms with E-state index in [0.29, 0.717) is 30.3 Å². The number of aryl methyl sites for hydroxylation is 1. The Labute approximate surface area is 132 Å². The molecule has 0 radical (unpaired) electrons. The molecule has 2 aliphatic heterocycles. The van der Waals surface area contributed by atoms with Crippen LogP contribution in [-0.4, -0.2) is 27.4 Å². The number of rotatable bonds is 4. The summed E-state index contributed by atoms with van der Waals surface area (Å²) in [5.74, 6) is 1.07. The van der Waals surface area contributed by atoms with Crippen molar-refractivity contribution >= 4 is 5.91 Å². The van der Waals surface area contributed by atoms with Crippen LogP contribution in [0.3, 0.4) is 0 Å². The molecule has 0 atom stereocenters. The number of hydrogen-bond donors (Lipinski definition) is 0. The lowest BCUT2D eigenvalue weighted by molar-refractivity contribution is 0.0427. The first-order chi connectivity index (χ1) is 11.2. The number of benzene rings is 1. The van der Waals surface area contributed by atoms with Crippen LogP contribution >= 0.6 is 0 Å². The van der Waals surface area contributed by atoms with Crippen molar-refractivity contribution in [1.29, 1.82) is 0 Å². The van der Waals surface area contributed by atoms with Crippen molar-refractivity contribution in [2.45, 2.75) is 13.2 Å². The number of aromatic nitrogens is 2. The molecule has 4 rings (SSSR count). The fourth-order valence-corrected chi connectivity index (χ4v) is 2.64. The van der Waals surface area contributed by atoms with E-state index < -0.39 is 0 Å². The molecule has 0 saturated heterocycles. The van der Waals surface area contributed by atoms with Crippen LogP contribution in [0.15, 0.2) is 42.6 Å². The van der Waals surface area contributed by atoms with E-state index in [1.165, 1.54) is 6.26 Å². The van der Waals surface area contributed by atoms with Gasteiger partial charge < -0.3 is 14.2 Å². The van der Waals surface area contributed by atoms with Crippen molar-refractivity contribution in [3.8, 4) is 5.75 Å². The highest BCUT2D eigenvalue weighted by molar-refractivity contribution is 5.99. The van der Waals surface area contributed by atoms with Crippen molar-refractivity contribution in [3.05, 3.63) is 59.4 Å². The smallest absolute Gasteiger partial charge is 0.261 e. The topological polar surface area (TPSA) is 65.8 Å². The largest absolute Gasteiger partial charge is 0.487 e. The van der Waals surface area contributed by atoms with E-state index in [2.05, 4.69) is 5.10 Å². The zero-order valence-corrected chi connectivity index (χ0v) is 12.6. The van der Waals surface area contributed by atoms with E-state index in [1.807, 2.05) is 25.4 Å². The van der Waals surface area contributed by atoms with Crippen LogP contribution in [0.2, 0.25) is 0 Å². The molecule has 1 amide bonds. The van der Waals surface area contributed by atoms with Gasteiger partial charge in [-0.25, -0.2) is 0 Å². The molecule has 1 aromatic heterocycles. The first-order valence-electron chi connectivity index (χ1n) is 7.21.